The number of benzene rings is 2. The molecule has 0 saturated carbocycles. The number of hydrogen-bond donors (Lipinski definition) is 1. The highest BCUT2D eigenvalue weighted by Gasteiger charge is 2.18. The molecule has 2 aromatic carbocycles. The number of fused-ring (bicyclic) bond motifs is 1. The monoisotopic (exact) mass is 365 g/mol. The van der Waals surface area contributed by atoms with Gasteiger partial charge in [-0.15, -0.1) is 0 Å². The molecule has 0 fully saturated rings. The number of nitrogens with zero attached hydrogens (tertiary/aromatic N) is 2. The Morgan fingerprint density at radius 1 is 1.11 bits per heavy atom. The molecule has 0 aliphatic carbocycles. The minimum atomic E-state index is -0.967. The number of carbonyl (C=O) groups is 2. The molecule has 1 amide bonds. The van der Waals surface area contributed by atoms with Gasteiger partial charge in [-0.3, -0.25) is 19.0 Å². The fraction of sp³-hybridized carbons (Fsp3) is 0.200. The van der Waals surface area contributed by atoms with Crippen molar-refractivity contribution in [3.05, 3.63) is 76.8 Å². The average Bonchev–Trinajstić information content (AvgIpc) is 2.69. The summed E-state index contributed by atoms with van der Waals surface area (Å²) < 4.78 is 6.30. The van der Waals surface area contributed by atoms with Crippen molar-refractivity contribution >= 4 is 22.8 Å². The molecule has 27 heavy (non-hydrogen) atoms. The normalized spacial score (nSPS) is 11.7. The van der Waals surface area contributed by atoms with E-state index < -0.39 is 18.0 Å². The van der Waals surface area contributed by atoms with Crippen molar-refractivity contribution in [2.24, 2.45) is 0 Å². The maximum atomic E-state index is 12.4. The molecule has 0 bridgehead atoms. The van der Waals surface area contributed by atoms with Gasteiger partial charge in [-0.2, -0.15) is 0 Å². The SMILES string of the molecule is C[C@@H](OC(=O)Cn1cnc2ccccc2c1=O)C(=O)NCc1ccccc1. The van der Waals surface area contributed by atoms with Crippen molar-refractivity contribution in [3.63, 3.8) is 0 Å². The number of esters is 1. The Morgan fingerprint density at radius 3 is 2.59 bits per heavy atom. The largest absolute Gasteiger partial charge is 0.451 e. The summed E-state index contributed by atoms with van der Waals surface area (Å²) >= 11 is 0. The van der Waals surface area contributed by atoms with Crippen molar-refractivity contribution in [3.8, 4) is 0 Å². The molecule has 0 aliphatic rings. The molecule has 0 spiro atoms. The number of carbonyl (C=O) groups excluding carboxylic acids is 2. The van der Waals surface area contributed by atoms with Crippen LogP contribution < -0.4 is 10.9 Å². The van der Waals surface area contributed by atoms with Crippen LogP contribution in [0.2, 0.25) is 0 Å². The maximum absolute atomic E-state index is 12.4. The van der Waals surface area contributed by atoms with E-state index in [1.54, 1.807) is 24.3 Å². The van der Waals surface area contributed by atoms with E-state index in [0.717, 1.165) is 5.56 Å². The van der Waals surface area contributed by atoms with Crippen LogP contribution in [-0.4, -0.2) is 27.5 Å². The first-order valence-electron chi connectivity index (χ1n) is 8.50. The van der Waals surface area contributed by atoms with Gasteiger partial charge in [0.1, 0.15) is 6.54 Å². The summed E-state index contributed by atoms with van der Waals surface area (Å²) in [5, 5.41) is 3.12. The average molecular weight is 365 g/mol. The van der Waals surface area contributed by atoms with Gasteiger partial charge in [-0.1, -0.05) is 42.5 Å². The van der Waals surface area contributed by atoms with E-state index in [2.05, 4.69) is 10.3 Å². The highest BCUT2D eigenvalue weighted by Crippen LogP contribution is 2.05. The third-order valence-electron chi connectivity index (χ3n) is 4.02. The minimum Gasteiger partial charge on any atom is -0.451 e. The molecule has 3 rings (SSSR count). The van der Waals surface area contributed by atoms with Crippen LogP contribution >= 0.6 is 0 Å². The van der Waals surface area contributed by atoms with E-state index in [9.17, 15) is 14.4 Å². The van der Waals surface area contributed by atoms with Crippen molar-refractivity contribution in [1.82, 2.24) is 14.9 Å². The second kappa shape index (κ2) is 8.27. The van der Waals surface area contributed by atoms with Crippen LogP contribution in [0, 0.1) is 0 Å². The standard InChI is InChI=1S/C20H19N3O4/c1-14(19(25)21-11-15-7-3-2-4-8-15)27-18(24)12-23-13-22-17-10-6-5-9-16(17)20(23)26/h2-10,13-14H,11-12H2,1H3,(H,21,25)/t14-/m1/s1. The number of aromatic nitrogens is 2. The summed E-state index contributed by atoms with van der Waals surface area (Å²) in [6, 6.07) is 16.3. The van der Waals surface area contributed by atoms with Gasteiger partial charge >= 0.3 is 5.97 Å². The predicted octanol–water partition coefficient (Wildman–Crippen LogP) is 1.64. The predicted molar refractivity (Wildman–Crippen MR) is 99.8 cm³/mol. The Kier molecular flexibility index (Phi) is 5.61. The van der Waals surface area contributed by atoms with Crippen LogP contribution in [0.1, 0.15) is 12.5 Å². The number of nitrogens with one attached hydrogen (secondary N) is 1. The van der Waals surface area contributed by atoms with E-state index in [1.165, 1.54) is 17.8 Å². The summed E-state index contributed by atoms with van der Waals surface area (Å²) in [6.45, 7) is 1.52. The Labute approximate surface area is 155 Å². The third kappa shape index (κ3) is 4.58. The fourth-order valence-corrected chi connectivity index (χ4v) is 2.57. The Bertz CT molecular complexity index is 1010. The topological polar surface area (TPSA) is 90.3 Å². The molecule has 138 valence electrons. The lowest BCUT2D eigenvalue weighted by atomic mass is 10.2. The van der Waals surface area contributed by atoms with Crippen molar-refractivity contribution in [1.29, 1.82) is 0 Å². The van der Waals surface area contributed by atoms with Gasteiger partial charge in [-0.05, 0) is 24.6 Å². The van der Waals surface area contributed by atoms with E-state index in [4.69, 9.17) is 4.74 Å². The molecule has 1 N–H and O–H groups in total. The van der Waals surface area contributed by atoms with Gasteiger partial charge in [0.25, 0.3) is 11.5 Å². The van der Waals surface area contributed by atoms with Gasteiger partial charge < -0.3 is 10.1 Å². The Balaban J connectivity index is 1.58. The molecule has 7 nitrogen and oxygen atoms in total. The lowest BCUT2D eigenvalue weighted by molar-refractivity contribution is -0.155. The van der Waals surface area contributed by atoms with Gasteiger partial charge in [0.05, 0.1) is 17.2 Å². The smallest absolute Gasteiger partial charge is 0.326 e. The first-order chi connectivity index (χ1) is 13.0. The van der Waals surface area contributed by atoms with Crippen LogP contribution in [0.25, 0.3) is 10.9 Å². The highest BCUT2D eigenvalue weighted by molar-refractivity contribution is 5.83. The van der Waals surface area contributed by atoms with Crippen LogP contribution in [0.3, 0.4) is 0 Å². The van der Waals surface area contributed by atoms with Gasteiger partial charge in [0.15, 0.2) is 6.10 Å². The second-order valence-corrected chi connectivity index (χ2v) is 6.03. The zero-order valence-corrected chi connectivity index (χ0v) is 14.8. The third-order valence-corrected chi connectivity index (χ3v) is 4.02. The molecule has 1 atom stereocenters. The van der Waals surface area contributed by atoms with E-state index in [0.29, 0.717) is 17.4 Å². The summed E-state index contributed by atoms with van der Waals surface area (Å²) in [7, 11) is 0. The maximum Gasteiger partial charge on any atom is 0.326 e. The van der Waals surface area contributed by atoms with Crippen molar-refractivity contribution in [2.45, 2.75) is 26.1 Å². The Morgan fingerprint density at radius 2 is 1.81 bits per heavy atom. The van der Waals surface area contributed by atoms with E-state index >= 15 is 0 Å². The second-order valence-electron chi connectivity index (χ2n) is 6.03. The lowest BCUT2D eigenvalue weighted by Crippen LogP contribution is -2.36. The summed E-state index contributed by atoms with van der Waals surface area (Å²) in [5.74, 6) is -1.09. The summed E-state index contributed by atoms with van der Waals surface area (Å²) in [5.41, 5.74) is 1.16. The van der Waals surface area contributed by atoms with Crippen LogP contribution in [0.15, 0.2) is 65.7 Å². The number of ether oxygens (including phenoxy) is 1. The first-order valence-corrected chi connectivity index (χ1v) is 8.50. The van der Waals surface area contributed by atoms with E-state index in [1.807, 2.05) is 30.3 Å². The number of amides is 1. The zero-order valence-electron chi connectivity index (χ0n) is 14.8. The van der Waals surface area contributed by atoms with Crippen molar-refractivity contribution in [2.75, 3.05) is 0 Å². The molecule has 0 saturated heterocycles. The van der Waals surface area contributed by atoms with Crippen LogP contribution in [0.5, 0.6) is 0 Å². The number of para-hydroxylation sites is 1. The lowest BCUT2D eigenvalue weighted by Gasteiger charge is -2.14. The van der Waals surface area contributed by atoms with Crippen molar-refractivity contribution < 1.29 is 14.3 Å². The quantitative estimate of drug-likeness (QED) is 0.671. The first kappa shape index (κ1) is 18.3. The minimum absolute atomic E-state index is 0.313. The molecule has 0 unspecified atom stereocenters. The van der Waals surface area contributed by atoms with Gasteiger partial charge in [0.2, 0.25) is 0 Å². The fourth-order valence-electron chi connectivity index (χ4n) is 2.57. The highest BCUT2D eigenvalue weighted by atomic mass is 16.5. The van der Waals surface area contributed by atoms with Crippen LogP contribution in [0.4, 0.5) is 0 Å². The number of rotatable bonds is 6. The molecule has 1 aromatic heterocycles. The van der Waals surface area contributed by atoms with Gasteiger partial charge in [-0.25, -0.2) is 4.98 Å². The molecular weight excluding hydrogens is 346 g/mol. The van der Waals surface area contributed by atoms with E-state index in [-0.39, 0.29) is 12.1 Å². The summed E-state index contributed by atoms with van der Waals surface area (Å²) in [6.07, 6.45) is 0.330. The molecule has 3 aromatic rings. The van der Waals surface area contributed by atoms with Crippen LogP contribution in [-0.2, 0) is 27.4 Å². The zero-order chi connectivity index (χ0) is 19.2. The molecule has 0 radical (unpaired) electrons. The molecule has 1 heterocycles. The molecule has 0 aliphatic heterocycles. The summed E-state index contributed by atoms with van der Waals surface area (Å²) in [4.78, 5) is 40.7. The molecule has 7 heteroatoms. The van der Waals surface area contributed by atoms with Gasteiger partial charge in [0, 0.05) is 6.54 Å². The molecular formula is C20H19N3O4. The number of hydrogen-bond acceptors (Lipinski definition) is 5. The Hall–Kier alpha value is -3.48.